The lowest BCUT2D eigenvalue weighted by Gasteiger charge is -2.06. The molecule has 20 heavy (non-hydrogen) atoms. The van der Waals surface area contributed by atoms with E-state index in [0.29, 0.717) is 5.56 Å². The number of benzene rings is 1. The van der Waals surface area contributed by atoms with Crippen molar-refractivity contribution in [3.05, 3.63) is 65.0 Å². The first-order chi connectivity index (χ1) is 9.69. The molecule has 1 aromatic heterocycles. The Labute approximate surface area is 118 Å². The highest BCUT2D eigenvalue weighted by molar-refractivity contribution is 5.96. The minimum absolute atomic E-state index is 0.121. The number of aryl methyl sites for hydroxylation is 1. The average Bonchev–Trinajstić information content (AvgIpc) is 2.49. The van der Waals surface area contributed by atoms with Gasteiger partial charge < -0.3 is 16.3 Å². The van der Waals surface area contributed by atoms with Crippen molar-refractivity contribution in [1.29, 1.82) is 0 Å². The predicted octanol–water partition coefficient (Wildman–Crippen LogP) is 1.77. The molecule has 1 heterocycles. The fourth-order valence-corrected chi connectivity index (χ4v) is 1.81. The number of hydrogen-bond donors (Lipinski definition) is 3. The number of oxime groups is 1. The maximum Gasteiger partial charge on any atom is 0.170 e. The van der Waals surface area contributed by atoms with Crippen LogP contribution in [-0.2, 0) is 13.1 Å². The molecule has 0 aliphatic heterocycles. The van der Waals surface area contributed by atoms with Crippen LogP contribution in [0.25, 0.3) is 0 Å². The zero-order valence-electron chi connectivity index (χ0n) is 11.4. The number of nitrogens with two attached hydrogens (primary N) is 1. The second kappa shape index (κ2) is 6.68. The minimum atomic E-state index is 0.121. The van der Waals surface area contributed by atoms with Crippen molar-refractivity contribution in [2.45, 2.75) is 20.0 Å². The maximum atomic E-state index is 8.59. The number of aromatic nitrogens is 1. The number of amidine groups is 1. The Morgan fingerprint density at radius 1 is 1.15 bits per heavy atom. The zero-order chi connectivity index (χ0) is 14.4. The van der Waals surface area contributed by atoms with Gasteiger partial charge in [-0.05, 0) is 24.1 Å². The number of pyridine rings is 1. The smallest absolute Gasteiger partial charge is 0.170 e. The lowest BCUT2D eigenvalue weighted by molar-refractivity contribution is 0.318. The summed E-state index contributed by atoms with van der Waals surface area (Å²) in [5.41, 5.74) is 9.53. The molecule has 0 amide bonds. The first-order valence-electron chi connectivity index (χ1n) is 6.38. The van der Waals surface area contributed by atoms with Crippen LogP contribution in [0.2, 0.25) is 0 Å². The van der Waals surface area contributed by atoms with Crippen LogP contribution in [0.3, 0.4) is 0 Å². The molecule has 0 spiro atoms. The molecule has 2 rings (SSSR count). The van der Waals surface area contributed by atoms with E-state index in [1.54, 1.807) is 0 Å². The van der Waals surface area contributed by atoms with Crippen LogP contribution in [0.4, 0.5) is 0 Å². The SMILES string of the molecule is Cc1ccc(CNCc2ccc(C(N)=NO)cc2)cn1. The molecule has 0 aliphatic carbocycles. The molecule has 0 fully saturated rings. The highest BCUT2D eigenvalue weighted by atomic mass is 16.4. The van der Waals surface area contributed by atoms with Crippen LogP contribution < -0.4 is 11.1 Å². The van der Waals surface area contributed by atoms with Gasteiger partial charge in [-0.3, -0.25) is 4.98 Å². The molecular weight excluding hydrogens is 252 g/mol. The fourth-order valence-electron chi connectivity index (χ4n) is 1.81. The quantitative estimate of drug-likeness (QED) is 0.335. The van der Waals surface area contributed by atoms with E-state index < -0.39 is 0 Å². The highest BCUT2D eigenvalue weighted by Crippen LogP contribution is 2.05. The third-order valence-corrected chi connectivity index (χ3v) is 2.99. The molecule has 0 atom stereocenters. The van der Waals surface area contributed by atoms with Crippen LogP contribution in [0.15, 0.2) is 47.8 Å². The first-order valence-corrected chi connectivity index (χ1v) is 6.38. The van der Waals surface area contributed by atoms with Crippen molar-refractivity contribution in [1.82, 2.24) is 10.3 Å². The normalized spacial score (nSPS) is 11.6. The van der Waals surface area contributed by atoms with Gasteiger partial charge >= 0.3 is 0 Å². The molecule has 5 nitrogen and oxygen atoms in total. The van der Waals surface area contributed by atoms with Gasteiger partial charge in [0.1, 0.15) is 0 Å². The van der Waals surface area contributed by atoms with Gasteiger partial charge in [-0.2, -0.15) is 0 Å². The second-order valence-corrected chi connectivity index (χ2v) is 4.59. The topological polar surface area (TPSA) is 83.5 Å². The molecule has 0 unspecified atom stereocenters. The predicted molar refractivity (Wildman–Crippen MR) is 78.5 cm³/mol. The molecular formula is C15H18N4O. The summed E-state index contributed by atoms with van der Waals surface area (Å²) < 4.78 is 0. The van der Waals surface area contributed by atoms with Crippen LogP contribution in [-0.4, -0.2) is 16.0 Å². The number of nitrogens with zero attached hydrogens (tertiary/aromatic N) is 2. The van der Waals surface area contributed by atoms with E-state index in [9.17, 15) is 0 Å². The van der Waals surface area contributed by atoms with Crippen molar-refractivity contribution in [3.63, 3.8) is 0 Å². The summed E-state index contributed by atoms with van der Waals surface area (Å²) in [4.78, 5) is 4.25. The summed E-state index contributed by atoms with van der Waals surface area (Å²) in [7, 11) is 0. The third kappa shape index (κ3) is 3.80. The molecule has 4 N–H and O–H groups in total. The van der Waals surface area contributed by atoms with Crippen LogP contribution in [0.5, 0.6) is 0 Å². The first kappa shape index (κ1) is 14.0. The number of nitrogens with one attached hydrogen (secondary N) is 1. The Bertz CT molecular complexity index is 576. The summed E-state index contributed by atoms with van der Waals surface area (Å²) in [6, 6.07) is 11.6. The highest BCUT2D eigenvalue weighted by Gasteiger charge is 1.99. The van der Waals surface area contributed by atoms with Crippen molar-refractivity contribution in [3.8, 4) is 0 Å². The third-order valence-electron chi connectivity index (χ3n) is 2.99. The number of hydrogen-bond acceptors (Lipinski definition) is 4. The van der Waals surface area contributed by atoms with Crippen LogP contribution in [0.1, 0.15) is 22.4 Å². The molecule has 2 aromatic rings. The van der Waals surface area contributed by atoms with E-state index >= 15 is 0 Å². The summed E-state index contributed by atoms with van der Waals surface area (Å²) in [5, 5.41) is 14.9. The van der Waals surface area contributed by atoms with E-state index in [1.165, 1.54) is 0 Å². The Morgan fingerprint density at radius 2 is 1.80 bits per heavy atom. The van der Waals surface area contributed by atoms with Gasteiger partial charge in [0.05, 0.1) is 0 Å². The average molecular weight is 270 g/mol. The Kier molecular flexibility index (Phi) is 4.68. The molecule has 5 heteroatoms. The second-order valence-electron chi connectivity index (χ2n) is 4.59. The molecule has 104 valence electrons. The molecule has 0 radical (unpaired) electrons. The maximum absolute atomic E-state index is 8.59. The number of rotatable bonds is 5. The van der Waals surface area contributed by atoms with E-state index in [2.05, 4.69) is 21.5 Å². The molecule has 1 aromatic carbocycles. The largest absolute Gasteiger partial charge is 0.409 e. The molecule has 0 saturated carbocycles. The van der Waals surface area contributed by atoms with E-state index in [-0.39, 0.29) is 5.84 Å². The molecule has 0 bridgehead atoms. The van der Waals surface area contributed by atoms with Gasteiger partial charge in [0.2, 0.25) is 0 Å². The standard InChI is InChI=1S/C15H18N4O/c1-11-2-3-13(10-18-11)9-17-8-12-4-6-14(7-5-12)15(16)19-20/h2-7,10,17,20H,8-9H2,1H3,(H2,16,19). The summed E-state index contributed by atoms with van der Waals surface area (Å²) >= 11 is 0. The summed E-state index contributed by atoms with van der Waals surface area (Å²) in [6.45, 7) is 3.50. The Hall–Kier alpha value is -2.40. The van der Waals surface area contributed by atoms with Crippen LogP contribution >= 0.6 is 0 Å². The van der Waals surface area contributed by atoms with Crippen molar-refractivity contribution in [2.75, 3.05) is 0 Å². The fraction of sp³-hybridized carbons (Fsp3) is 0.200. The molecule has 0 aliphatic rings. The van der Waals surface area contributed by atoms with Gasteiger partial charge in [0, 0.05) is 30.5 Å². The van der Waals surface area contributed by atoms with Gasteiger partial charge in [-0.15, -0.1) is 0 Å². The van der Waals surface area contributed by atoms with Gasteiger partial charge in [0.25, 0.3) is 0 Å². The van der Waals surface area contributed by atoms with E-state index in [1.807, 2.05) is 43.5 Å². The minimum Gasteiger partial charge on any atom is -0.409 e. The van der Waals surface area contributed by atoms with Gasteiger partial charge in [-0.1, -0.05) is 35.5 Å². The zero-order valence-corrected chi connectivity index (χ0v) is 11.4. The summed E-state index contributed by atoms with van der Waals surface area (Å²) in [6.07, 6.45) is 1.88. The Morgan fingerprint density at radius 3 is 2.40 bits per heavy atom. The lowest BCUT2D eigenvalue weighted by Crippen LogP contribution is -2.14. The van der Waals surface area contributed by atoms with Gasteiger partial charge in [-0.25, -0.2) is 0 Å². The molecule has 0 saturated heterocycles. The monoisotopic (exact) mass is 270 g/mol. The van der Waals surface area contributed by atoms with Crippen LogP contribution in [0, 0.1) is 6.92 Å². The van der Waals surface area contributed by atoms with Crippen molar-refractivity contribution in [2.24, 2.45) is 10.9 Å². The van der Waals surface area contributed by atoms with E-state index in [4.69, 9.17) is 10.9 Å². The lowest BCUT2D eigenvalue weighted by atomic mass is 10.1. The van der Waals surface area contributed by atoms with E-state index in [0.717, 1.165) is 29.9 Å². The summed E-state index contributed by atoms with van der Waals surface area (Å²) in [5.74, 6) is 0.121. The van der Waals surface area contributed by atoms with Crippen molar-refractivity contribution < 1.29 is 5.21 Å². The Balaban J connectivity index is 1.86. The van der Waals surface area contributed by atoms with Crippen molar-refractivity contribution >= 4 is 5.84 Å². The van der Waals surface area contributed by atoms with Gasteiger partial charge in [0.15, 0.2) is 5.84 Å².